The number of nitrogens with zero attached hydrogens (tertiary/aromatic N) is 4. The molecule has 2 N–H and O–H groups in total. The van der Waals surface area contributed by atoms with Crippen molar-refractivity contribution in [2.24, 2.45) is 0 Å². The Balaban J connectivity index is 1.63. The smallest absolute Gasteiger partial charge is 0.374 e. The number of fused-ring (bicyclic) bond motifs is 1. The predicted molar refractivity (Wildman–Crippen MR) is 123 cm³/mol. The number of amides is 1. The van der Waals surface area contributed by atoms with Crippen molar-refractivity contribution < 1.29 is 14.5 Å². The predicted octanol–water partition coefficient (Wildman–Crippen LogP) is 5.01. The third kappa shape index (κ3) is 4.50. The van der Waals surface area contributed by atoms with Gasteiger partial charge in [-0.15, -0.1) is 0 Å². The van der Waals surface area contributed by atoms with Crippen molar-refractivity contribution in [3.8, 4) is 11.6 Å². The third-order valence-corrected chi connectivity index (χ3v) is 5.48. The topological polar surface area (TPSA) is 132 Å². The van der Waals surface area contributed by atoms with Gasteiger partial charge in [-0.1, -0.05) is 37.9 Å². The standard InChI is InChI=1S/C20H12Br2N6O4/c21-12-5-3-11(4-6-12)19(29)27-26-18-17(28(30)31)20(25-10-24-18)32-15-8-7-14(22)13-2-1-9-23-16(13)15/h1-10H,(H,27,29)(H,24,25,26). The van der Waals surface area contributed by atoms with Gasteiger partial charge in [-0.25, -0.2) is 4.98 Å². The molecule has 0 spiro atoms. The van der Waals surface area contributed by atoms with E-state index >= 15 is 0 Å². The Morgan fingerprint density at radius 2 is 1.81 bits per heavy atom. The van der Waals surface area contributed by atoms with Gasteiger partial charge in [-0.05, 0) is 42.5 Å². The highest BCUT2D eigenvalue weighted by atomic mass is 79.9. The van der Waals surface area contributed by atoms with E-state index in [1.807, 2.05) is 6.07 Å². The lowest BCUT2D eigenvalue weighted by Crippen LogP contribution is -2.30. The lowest BCUT2D eigenvalue weighted by atomic mass is 10.2. The van der Waals surface area contributed by atoms with E-state index < -0.39 is 16.5 Å². The van der Waals surface area contributed by atoms with Crippen LogP contribution in [-0.2, 0) is 0 Å². The molecule has 0 saturated heterocycles. The van der Waals surface area contributed by atoms with Gasteiger partial charge in [0.25, 0.3) is 5.91 Å². The number of carbonyl (C=O) groups is 1. The second-order valence-electron chi connectivity index (χ2n) is 6.27. The molecular formula is C20H12Br2N6O4. The average Bonchev–Trinajstić information content (AvgIpc) is 2.80. The molecule has 0 unspecified atom stereocenters. The van der Waals surface area contributed by atoms with Crippen molar-refractivity contribution in [1.29, 1.82) is 0 Å². The number of hydrogen-bond acceptors (Lipinski definition) is 8. The molecule has 0 bridgehead atoms. The lowest BCUT2D eigenvalue weighted by Gasteiger charge is -2.11. The number of nitro groups is 1. The first-order valence-electron chi connectivity index (χ1n) is 8.96. The quantitative estimate of drug-likeness (QED) is 0.249. The summed E-state index contributed by atoms with van der Waals surface area (Å²) in [6.07, 6.45) is 2.67. The fourth-order valence-corrected chi connectivity index (χ4v) is 3.50. The molecule has 10 nitrogen and oxygen atoms in total. The first kappa shape index (κ1) is 21.6. The van der Waals surface area contributed by atoms with E-state index in [1.165, 1.54) is 0 Å². The number of halogens is 2. The summed E-state index contributed by atoms with van der Waals surface area (Å²) in [5, 5.41) is 12.5. The van der Waals surface area contributed by atoms with Gasteiger partial charge >= 0.3 is 11.6 Å². The maximum Gasteiger partial charge on any atom is 0.374 e. The highest BCUT2D eigenvalue weighted by Crippen LogP contribution is 2.37. The highest BCUT2D eigenvalue weighted by Gasteiger charge is 2.26. The second-order valence-corrected chi connectivity index (χ2v) is 8.04. The van der Waals surface area contributed by atoms with Gasteiger partial charge < -0.3 is 4.74 Å². The molecule has 2 aromatic carbocycles. The molecule has 2 aromatic heterocycles. The number of anilines is 1. The van der Waals surface area contributed by atoms with Crippen LogP contribution in [0.2, 0.25) is 0 Å². The van der Waals surface area contributed by atoms with Crippen molar-refractivity contribution >= 4 is 60.2 Å². The number of carbonyl (C=O) groups excluding carboxylic acids is 1. The first-order valence-corrected chi connectivity index (χ1v) is 10.5. The molecule has 0 fully saturated rings. The molecule has 12 heteroatoms. The SMILES string of the molecule is O=C(NNc1ncnc(Oc2ccc(Br)c3cccnc23)c1[N+](=O)[O-])c1ccc(Br)cc1. The minimum absolute atomic E-state index is 0.236. The normalized spacial score (nSPS) is 10.6. The molecule has 0 aliphatic heterocycles. The zero-order valence-corrected chi connectivity index (χ0v) is 19.1. The molecule has 160 valence electrons. The zero-order chi connectivity index (χ0) is 22.7. The van der Waals surface area contributed by atoms with Gasteiger partial charge in [0.15, 0.2) is 5.75 Å². The van der Waals surface area contributed by atoms with Crippen molar-refractivity contribution in [3.05, 3.63) is 85.7 Å². The summed E-state index contributed by atoms with van der Waals surface area (Å²) in [5.41, 5.74) is 5.15. The summed E-state index contributed by atoms with van der Waals surface area (Å²) in [7, 11) is 0. The number of aromatic nitrogens is 3. The number of hydrazine groups is 1. The number of rotatable bonds is 6. The van der Waals surface area contributed by atoms with Crippen molar-refractivity contribution in [3.63, 3.8) is 0 Å². The summed E-state index contributed by atoms with van der Waals surface area (Å²) in [5.74, 6) is -0.772. The molecule has 4 aromatic rings. The van der Waals surface area contributed by atoms with Crippen LogP contribution >= 0.6 is 31.9 Å². The Kier molecular flexibility index (Phi) is 6.23. The third-order valence-electron chi connectivity index (χ3n) is 4.26. The average molecular weight is 560 g/mol. The van der Waals surface area contributed by atoms with Gasteiger partial charge in [-0.2, -0.15) is 4.98 Å². The van der Waals surface area contributed by atoms with Crippen LogP contribution in [0, 0.1) is 10.1 Å². The molecule has 0 atom stereocenters. The van der Waals surface area contributed by atoms with Crippen molar-refractivity contribution in [2.75, 3.05) is 5.43 Å². The Hall–Kier alpha value is -3.64. The zero-order valence-electron chi connectivity index (χ0n) is 16.0. The van der Waals surface area contributed by atoms with Gasteiger partial charge in [0, 0.05) is 26.1 Å². The minimum atomic E-state index is -0.697. The second kappa shape index (κ2) is 9.24. The van der Waals surface area contributed by atoms with E-state index in [1.54, 1.807) is 48.7 Å². The minimum Gasteiger partial charge on any atom is -0.431 e. The van der Waals surface area contributed by atoms with Gasteiger partial charge in [0.05, 0.1) is 4.92 Å². The molecule has 32 heavy (non-hydrogen) atoms. The molecule has 0 aliphatic rings. The van der Waals surface area contributed by atoms with Gasteiger partial charge in [-0.3, -0.25) is 30.7 Å². The fourth-order valence-electron chi connectivity index (χ4n) is 2.78. The lowest BCUT2D eigenvalue weighted by molar-refractivity contribution is -0.385. The molecule has 2 heterocycles. The highest BCUT2D eigenvalue weighted by molar-refractivity contribution is 9.11. The van der Waals surface area contributed by atoms with Gasteiger partial charge in [0.2, 0.25) is 5.82 Å². The maximum absolute atomic E-state index is 12.3. The van der Waals surface area contributed by atoms with E-state index in [0.29, 0.717) is 11.1 Å². The number of hydrogen-bond donors (Lipinski definition) is 2. The van der Waals surface area contributed by atoms with E-state index in [2.05, 4.69) is 57.7 Å². The summed E-state index contributed by atoms with van der Waals surface area (Å²) in [4.78, 5) is 35.5. The molecule has 0 aliphatic carbocycles. The number of pyridine rings is 1. The molecule has 0 radical (unpaired) electrons. The maximum atomic E-state index is 12.3. The Labute approximate surface area is 197 Å². The Morgan fingerprint density at radius 3 is 2.56 bits per heavy atom. The Morgan fingerprint density at radius 1 is 1.03 bits per heavy atom. The number of nitrogens with one attached hydrogen (secondary N) is 2. The molecule has 0 saturated carbocycles. The number of benzene rings is 2. The molecule has 4 rings (SSSR count). The summed E-state index contributed by atoms with van der Waals surface area (Å²) < 4.78 is 7.36. The van der Waals surface area contributed by atoms with E-state index in [4.69, 9.17) is 4.74 Å². The largest absolute Gasteiger partial charge is 0.431 e. The van der Waals surface area contributed by atoms with Crippen LogP contribution in [0.25, 0.3) is 10.9 Å². The van der Waals surface area contributed by atoms with Crippen LogP contribution in [0.15, 0.2) is 70.0 Å². The van der Waals surface area contributed by atoms with E-state index in [0.717, 1.165) is 20.7 Å². The molecule has 1 amide bonds. The van der Waals surface area contributed by atoms with E-state index in [9.17, 15) is 14.9 Å². The monoisotopic (exact) mass is 558 g/mol. The molecular weight excluding hydrogens is 548 g/mol. The van der Waals surface area contributed by atoms with E-state index in [-0.39, 0.29) is 17.4 Å². The summed E-state index contributed by atoms with van der Waals surface area (Å²) >= 11 is 6.73. The summed E-state index contributed by atoms with van der Waals surface area (Å²) in [6, 6.07) is 13.5. The first-order chi connectivity index (χ1) is 15.4. The van der Waals surface area contributed by atoms with Crippen LogP contribution in [0.3, 0.4) is 0 Å². The van der Waals surface area contributed by atoms with Crippen molar-refractivity contribution in [1.82, 2.24) is 20.4 Å². The van der Waals surface area contributed by atoms with Gasteiger partial charge in [0.1, 0.15) is 11.8 Å². The van der Waals surface area contributed by atoms with Crippen molar-refractivity contribution in [2.45, 2.75) is 0 Å². The van der Waals surface area contributed by atoms with Crippen LogP contribution in [-0.4, -0.2) is 25.8 Å². The van der Waals surface area contributed by atoms with Crippen LogP contribution < -0.4 is 15.6 Å². The Bertz CT molecular complexity index is 1330. The number of ether oxygens (including phenoxy) is 1. The van der Waals surface area contributed by atoms with Crippen LogP contribution in [0.5, 0.6) is 11.6 Å². The van der Waals surface area contributed by atoms with Crippen LogP contribution in [0.1, 0.15) is 10.4 Å². The van der Waals surface area contributed by atoms with Crippen LogP contribution in [0.4, 0.5) is 11.5 Å². The summed E-state index contributed by atoms with van der Waals surface area (Å²) in [6.45, 7) is 0. The fraction of sp³-hybridized carbons (Fsp3) is 0.